The molecule has 0 radical (unpaired) electrons. The van der Waals surface area contributed by atoms with E-state index in [-0.39, 0.29) is 24.1 Å². The van der Waals surface area contributed by atoms with Crippen molar-refractivity contribution >= 4 is 5.91 Å². The molecular formula is C10H19N3O2. The van der Waals surface area contributed by atoms with Gasteiger partial charge in [-0.2, -0.15) is 0 Å². The number of carbonyl (C=O) groups is 1. The highest BCUT2D eigenvalue weighted by Crippen LogP contribution is 2.17. The third kappa shape index (κ3) is 2.14. The highest BCUT2D eigenvalue weighted by Gasteiger charge is 2.35. The summed E-state index contributed by atoms with van der Waals surface area (Å²) in [5.74, 6) is 0.0858. The van der Waals surface area contributed by atoms with Crippen LogP contribution in [0.25, 0.3) is 0 Å². The summed E-state index contributed by atoms with van der Waals surface area (Å²) >= 11 is 0. The first kappa shape index (κ1) is 10.9. The van der Waals surface area contributed by atoms with Crippen LogP contribution in [0.15, 0.2) is 0 Å². The quantitative estimate of drug-likeness (QED) is 0.581. The number of nitrogens with two attached hydrogens (primary N) is 1. The Morgan fingerprint density at radius 3 is 2.93 bits per heavy atom. The van der Waals surface area contributed by atoms with Crippen LogP contribution in [0.1, 0.15) is 13.3 Å². The van der Waals surface area contributed by atoms with Gasteiger partial charge in [0.25, 0.3) is 5.91 Å². The van der Waals surface area contributed by atoms with Gasteiger partial charge in [0.05, 0.1) is 6.61 Å². The Bertz CT molecular complexity index is 241. The van der Waals surface area contributed by atoms with Gasteiger partial charge in [0.2, 0.25) is 0 Å². The minimum Gasteiger partial charge on any atom is -0.366 e. The topological polar surface area (TPSA) is 67.6 Å². The highest BCUT2D eigenvalue weighted by atomic mass is 16.5. The van der Waals surface area contributed by atoms with Crippen LogP contribution in [0.4, 0.5) is 0 Å². The number of nitrogens with zero attached hydrogens (tertiary/aromatic N) is 1. The predicted octanol–water partition coefficient (Wildman–Crippen LogP) is -1.08. The summed E-state index contributed by atoms with van der Waals surface area (Å²) in [5.41, 5.74) is 5.89. The van der Waals surface area contributed by atoms with Crippen molar-refractivity contribution in [2.75, 3.05) is 26.2 Å². The second-order valence-electron chi connectivity index (χ2n) is 4.29. The molecule has 0 spiro atoms. The van der Waals surface area contributed by atoms with Gasteiger partial charge in [-0.25, -0.2) is 0 Å². The van der Waals surface area contributed by atoms with Crippen molar-refractivity contribution in [2.45, 2.75) is 31.5 Å². The molecule has 2 heterocycles. The maximum absolute atomic E-state index is 12.1. The van der Waals surface area contributed by atoms with Crippen molar-refractivity contribution in [2.24, 2.45) is 5.73 Å². The number of carbonyl (C=O) groups excluding carboxylic acids is 1. The molecular weight excluding hydrogens is 194 g/mol. The average Bonchev–Trinajstić information content (AvgIpc) is 2.60. The molecule has 2 unspecified atom stereocenters. The summed E-state index contributed by atoms with van der Waals surface area (Å²) in [5, 5.41) is 3.16. The van der Waals surface area contributed by atoms with E-state index in [1.165, 1.54) is 0 Å². The summed E-state index contributed by atoms with van der Waals surface area (Å²) in [6.07, 6.45) is 0.582. The molecule has 3 N–H and O–H groups in total. The zero-order valence-corrected chi connectivity index (χ0v) is 9.11. The minimum absolute atomic E-state index is 0.0858. The molecule has 0 aromatic carbocycles. The summed E-state index contributed by atoms with van der Waals surface area (Å²) in [6.45, 7) is 4.84. The molecule has 2 saturated heterocycles. The third-order valence-electron chi connectivity index (χ3n) is 3.30. The van der Waals surface area contributed by atoms with Crippen molar-refractivity contribution in [1.82, 2.24) is 10.2 Å². The predicted molar refractivity (Wildman–Crippen MR) is 56.4 cm³/mol. The largest absolute Gasteiger partial charge is 0.366 e. The van der Waals surface area contributed by atoms with Gasteiger partial charge >= 0.3 is 0 Å². The second kappa shape index (κ2) is 4.47. The lowest BCUT2D eigenvalue weighted by Crippen LogP contribution is -2.51. The maximum atomic E-state index is 12.1. The standard InChI is InChI=1S/C10H19N3O2/c1-7-8(11)2-4-13(7)10(14)9-6-12-3-5-15-9/h7-9,12H,2-6,11H2,1H3/t7?,8?,9-/m1/s1. The van der Waals surface area contributed by atoms with Crippen molar-refractivity contribution in [3.05, 3.63) is 0 Å². The Hall–Kier alpha value is -0.650. The van der Waals surface area contributed by atoms with E-state index >= 15 is 0 Å². The first-order chi connectivity index (χ1) is 7.20. The molecule has 0 aliphatic carbocycles. The molecule has 0 aromatic rings. The average molecular weight is 213 g/mol. The lowest BCUT2D eigenvalue weighted by molar-refractivity contribution is -0.145. The van der Waals surface area contributed by atoms with E-state index in [2.05, 4.69) is 5.32 Å². The third-order valence-corrected chi connectivity index (χ3v) is 3.30. The lowest BCUT2D eigenvalue weighted by Gasteiger charge is -2.30. The Morgan fingerprint density at radius 2 is 2.40 bits per heavy atom. The van der Waals surface area contributed by atoms with E-state index in [0.29, 0.717) is 13.2 Å². The molecule has 5 nitrogen and oxygen atoms in total. The number of hydrogen-bond acceptors (Lipinski definition) is 4. The first-order valence-corrected chi connectivity index (χ1v) is 5.58. The second-order valence-corrected chi connectivity index (χ2v) is 4.29. The van der Waals surface area contributed by atoms with Crippen LogP contribution >= 0.6 is 0 Å². The summed E-state index contributed by atoms with van der Waals surface area (Å²) in [6, 6.07) is 0.258. The molecule has 0 aromatic heterocycles. The molecule has 5 heteroatoms. The van der Waals surface area contributed by atoms with Crippen molar-refractivity contribution < 1.29 is 9.53 Å². The van der Waals surface area contributed by atoms with Crippen molar-refractivity contribution in [3.63, 3.8) is 0 Å². The van der Waals surface area contributed by atoms with Gasteiger partial charge < -0.3 is 20.7 Å². The van der Waals surface area contributed by atoms with Gasteiger partial charge in [-0.15, -0.1) is 0 Å². The van der Waals surface area contributed by atoms with E-state index in [0.717, 1.165) is 19.5 Å². The maximum Gasteiger partial charge on any atom is 0.253 e. The molecule has 2 rings (SSSR count). The minimum atomic E-state index is -0.313. The highest BCUT2D eigenvalue weighted by molar-refractivity contribution is 5.82. The fraction of sp³-hybridized carbons (Fsp3) is 0.900. The van der Waals surface area contributed by atoms with Crippen molar-refractivity contribution in [1.29, 1.82) is 0 Å². The van der Waals surface area contributed by atoms with E-state index in [4.69, 9.17) is 10.5 Å². The fourth-order valence-electron chi connectivity index (χ4n) is 2.18. The smallest absolute Gasteiger partial charge is 0.253 e. The normalized spacial score (nSPS) is 36.9. The number of ether oxygens (including phenoxy) is 1. The molecule has 2 aliphatic heterocycles. The van der Waals surface area contributed by atoms with E-state index < -0.39 is 0 Å². The fourth-order valence-corrected chi connectivity index (χ4v) is 2.18. The molecule has 2 aliphatic rings. The zero-order valence-electron chi connectivity index (χ0n) is 9.11. The van der Waals surface area contributed by atoms with Gasteiger partial charge in [-0.3, -0.25) is 4.79 Å². The van der Waals surface area contributed by atoms with Crippen LogP contribution in [0.3, 0.4) is 0 Å². The van der Waals surface area contributed by atoms with E-state index in [1.54, 1.807) is 0 Å². The van der Waals surface area contributed by atoms with Crippen LogP contribution in [0, 0.1) is 0 Å². The van der Waals surface area contributed by atoms with Crippen LogP contribution in [-0.2, 0) is 9.53 Å². The van der Waals surface area contributed by atoms with Gasteiger partial charge in [0.15, 0.2) is 0 Å². The number of rotatable bonds is 1. The van der Waals surface area contributed by atoms with Gasteiger partial charge in [0.1, 0.15) is 6.10 Å². The summed E-state index contributed by atoms with van der Waals surface area (Å²) in [4.78, 5) is 13.9. The molecule has 3 atom stereocenters. The molecule has 0 bridgehead atoms. The first-order valence-electron chi connectivity index (χ1n) is 5.58. The Balaban J connectivity index is 1.95. The van der Waals surface area contributed by atoms with Crippen molar-refractivity contribution in [3.8, 4) is 0 Å². The van der Waals surface area contributed by atoms with Crippen LogP contribution in [-0.4, -0.2) is 55.2 Å². The van der Waals surface area contributed by atoms with E-state index in [1.807, 2.05) is 11.8 Å². The van der Waals surface area contributed by atoms with E-state index in [9.17, 15) is 4.79 Å². The Morgan fingerprint density at radius 1 is 1.60 bits per heavy atom. The molecule has 0 saturated carbocycles. The molecule has 15 heavy (non-hydrogen) atoms. The Kier molecular flexibility index (Phi) is 3.23. The summed E-state index contributed by atoms with van der Waals surface area (Å²) < 4.78 is 5.44. The monoisotopic (exact) mass is 213 g/mol. The Labute approximate surface area is 89.9 Å². The molecule has 1 amide bonds. The van der Waals surface area contributed by atoms with Crippen LogP contribution in [0.5, 0.6) is 0 Å². The lowest BCUT2D eigenvalue weighted by atomic mass is 10.1. The number of likely N-dealkylation sites (tertiary alicyclic amines) is 1. The molecule has 86 valence electrons. The van der Waals surface area contributed by atoms with Crippen LogP contribution < -0.4 is 11.1 Å². The zero-order chi connectivity index (χ0) is 10.8. The van der Waals surface area contributed by atoms with Gasteiger partial charge in [-0.05, 0) is 13.3 Å². The number of morpholine rings is 1. The SMILES string of the molecule is CC1C(N)CCN1C(=O)[C@H]1CNCCO1. The molecule has 2 fully saturated rings. The number of amides is 1. The van der Waals surface area contributed by atoms with Crippen LogP contribution in [0.2, 0.25) is 0 Å². The summed E-state index contributed by atoms with van der Waals surface area (Å²) in [7, 11) is 0. The number of nitrogens with one attached hydrogen (secondary N) is 1. The van der Waals surface area contributed by atoms with Gasteiger partial charge in [0, 0.05) is 31.7 Å². The number of hydrogen-bond donors (Lipinski definition) is 2. The van der Waals surface area contributed by atoms with Gasteiger partial charge in [-0.1, -0.05) is 0 Å².